The Morgan fingerprint density at radius 2 is 2.27 bits per heavy atom. The lowest BCUT2D eigenvalue weighted by atomic mass is 10.1. The number of carbonyl (C=O) groups is 1. The maximum absolute atomic E-state index is 11.2. The van der Waals surface area contributed by atoms with E-state index in [9.17, 15) is 9.90 Å². The number of carbonyl (C=O) groups excluding carboxylic acids is 1. The van der Waals surface area contributed by atoms with Gasteiger partial charge in [0.2, 0.25) is 0 Å². The predicted octanol–water partition coefficient (Wildman–Crippen LogP) is 1.18. The van der Waals surface area contributed by atoms with Crippen molar-refractivity contribution in [3.63, 3.8) is 0 Å². The molecule has 80 valence electrons. The Kier molecular flexibility index (Phi) is 3.88. The lowest BCUT2D eigenvalue weighted by molar-refractivity contribution is 0.0597. The first-order chi connectivity index (χ1) is 7.19. The van der Waals surface area contributed by atoms with E-state index in [4.69, 9.17) is 5.11 Å². The predicted molar refractivity (Wildman–Crippen MR) is 55.6 cm³/mol. The lowest BCUT2D eigenvalue weighted by Gasteiger charge is -2.03. The minimum atomic E-state index is -0.591. The summed E-state index contributed by atoms with van der Waals surface area (Å²) in [7, 11) is 1.25. The quantitative estimate of drug-likeness (QED) is 0.732. The fourth-order valence-corrected chi connectivity index (χ4v) is 1.12. The highest BCUT2D eigenvalue weighted by Gasteiger charge is 2.10. The maximum atomic E-state index is 11.2. The summed E-state index contributed by atoms with van der Waals surface area (Å²) in [5, 5.41) is 18.0. The fraction of sp³-hybridized carbons (Fsp3) is 0.182. The molecular weight excluding hydrogens is 196 g/mol. The monoisotopic (exact) mass is 208 g/mol. The number of hydrogen-bond donors (Lipinski definition) is 2. The Morgan fingerprint density at radius 3 is 2.87 bits per heavy atom. The van der Waals surface area contributed by atoms with Crippen molar-refractivity contribution < 1.29 is 19.7 Å². The average Bonchev–Trinajstić information content (AvgIpc) is 2.27. The van der Waals surface area contributed by atoms with Gasteiger partial charge in [-0.15, -0.1) is 0 Å². The first-order valence-electron chi connectivity index (χ1n) is 4.37. The third-order valence-electron chi connectivity index (χ3n) is 1.84. The van der Waals surface area contributed by atoms with Crippen molar-refractivity contribution >= 4 is 12.0 Å². The van der Waals surface area contributed by atoms with E-state index in [1.807, 2.05) is 0 Å². The van der Waals surface area contributed by atoms with Crippen LogP contribution in [0.3, 0.4) is 0 Å². The van der Waals surface area contributed by atoms with Crippen LogP contribution in [0.15, 0.2) is 24.3 Å². The van der Waals surface area contributed by atoms with Gasteiger partial charge in [0, 0.05) is 0 Å². The molecule has 0 saturated heterocycles. The highest BCUT2D eigenvalue weighted by Crippen LogP contribution is 2.19. The van der Waals surface area contributed by atoms with Gasteiger partial charge < -0.3 is 14.9 Å². The highest BCUT2D eigenvalue weighted by molar-refractivity contribution is 5.93. The van der Waals surface area contributed by atoms with Gasteiger partial charge in [-0.2, -0.15) is 0 Å². The number of esters is 1. The van der Waals surface area contributed by atoms with E-state index in [0.717, 1.165) is 0 Å². The molecule has 0 saturated carbocycles. The minimum absolute atomic E-state index is 0.0750. The highest BCUT2D eigenvalue weighted by atomic mass is 16.5. The van der Waals surface area contributed by atoms with Crippen molar-refractivity contribution in [1.82, 2.24) is 0 Å². The second-order valence-electron chi connectivity index (χ2n) is 2.85. The molecular formula is C11H12O4. The molecule has 0 bridgehead atoms. The number of hydrogen-bond acceptors (Lipinski definition) is 4. The van der Waals surface area contributed by atoms with Gasteiger partial charge in [-0.3, -0.25) is 0 Å². The summed E-state index contributed by atoms with van der Waals surface area (Å²) in [6, 6.07) is 4.53. The van der Waals surface area contributed by atoms with Crippen molar-refractivity contribution in [2.45, 2.75) is 0 Å². The van der Waals surface area contributed by atoms with Gasteiger partial charge in [0.15, 0.2) is 0 Å². The van der Waals surface area contributed by atoms with Gasteiger partial charge >= 0.3 is 5.97 Å². The van der Waals surface area contributed by atoms with Crippen molar-refractivity contribution in [3.05, 3.63) is 35.4 Å². The molecule has 0 fully saturated rings. The summed E-state index contributed by atoms with van der Waals surface area (Å²) >= 11 is 0. The van der Waals surface area contributed by atoms with E-state index < -0.39 is 5.97 Å². The van der Waals surface area contributed by atoms with Crippen LogP contribution in [0.4, 0.5) is 0 Å². The van der Waals surface area contributed by atoms with Crippen molar-refractivity contribution in [3.8, 4) is 5.75 Å². The number of aliphatic hydroxyl groups excluding tert-OH is 1. The molecule has 0 aliphatic heterocycles. The zero-order valence-corrected chi connectivity index (χ0v) is 8.30. The number of phenols is 1. The summed E-state index contributed by atoms with van der Waals surface area (Å²) in [4.78, 5) is 11.2. The standard InChI is InChI=1S/C11H12O4/c1-15-11(14)9-7-8(3-2-6-12)4-5-10(9)13/h2-5,7,12-13H,6H2,1H3. The molecule has 1 rings (SSSR count). The summed E-state index contributed by atoms with van der Waals surface area (Å²) in [5.74, 6) is -0.713. The fourth-order valence-electron chi connectivity index (χ4n) is 1.12. The molecule has 15 heavy (non-hydrogen) atoms. The smallest absolute Gasteiger partial charge is 0.341 e. The summed E-state index contributed by atoms with van der Waals surface area (Å²) < 4.78 is 4.50. The number of aromatic hydroxyl groups is 1. The first kappa shape index (κ1) is 11.3. The molecule has 0 aliphatic carbocycles. The second kappa shape index (κ2) is 5.17. The lowest BCUT2D eigenvalue weighted by Crippen LogP contribution is -2.01. The van der Waals surface area contributed by atoms with Gasteiger partial charge in [0.1, 0.15) is 11.3 Å². The van der Waals surface area contributed by atoms with E-state index >= 15 is 0 Å². The number of aliphatic hydroxyl groups is 1. The third-order valence-corrected chi connectivity index (χ3v) is 1.84. The Hall–Kier alpha value is -1.81. The Morgan fingerprint density at radius 1 is 1.53 bits per heavy atom. The van der Waals surface area contributed by atoms with Crippen LogP contribution in [0.1, 0.15) is 15.9 Å². The number of benzene rings is 1. The molecule has 2 N–H and O–H groups in total. The largest absolute Gasteiger partial charge is 0.507 e. The van der Waals surface area contributed by atoms with Gasteiger partial charge in [0.25, 0.3) is 0 Å². The van der Waals surface area contributed by atoms with Gasteiger partial charge in [-0.1, -0.05) is 18.2 Å². The van der Waals surface area contributed by atoms with Crippen LogP contribution >= 0.6 is 0 Å². The summed E-state index contributed by atoms with van der Waals surface area (Å²) in [6.07, 6.45) is 3.18. The Bertz CT molecular complexity index is 382. The van der Waals surface area contributed by atoms with E-state index in [0.29, 0.717) is 5.56 Å². The minimum Gasteiger partial charge on any atom is -0.507 e. The molecule has 0 unspecified atom stereocenters. The van der Waals surface area contributed by atoms with Crippen LogP contribution in [0.25, 0.3) is 6.08 Å². The number of ether oxygens (including phenoxy) is 1. The molecule has 0 aliphatic rings. The number of rotatable bonds is 3. The molecule has 4 heteroatoms. The van der Waals surface area contributed by atoms with E-state index in [-0.39, 0.29) is 17.9 Å². The van der Waals surface area contributed by atoms with Gasteiger partial charge in [0.05, 0.1) is 13.7 Å². The maximum Gasteiger partial charge on any atom is 0.341 e. The Labute approximate surface area is 87.4 Å². The van der Waals surface area contributed by atoms with Crippen LogP contribution in [-0.2, 0) is 4.74 Å². The van der Waals surface area contributed by atoms with Crippen LogP contribution in [-0.4, -0.2) is 29.9 Å². The molecule has 1 aromatic rings. The van der Waals surface area contributed by atoms with E-state index in [2.05, 4.69) is 4.74 Å². The van der Waals surface area contributed by atoms with Crippen LogP contribution in [0.2, 0.25) is 0 Å². The van der Waals surface area contributed by atoms with Crippen molar-refractivity contribution in [1.29, 1.82) is 0 Å². The van der Waals surface area contributed by atoms with Crippen molar-refractivity contribution in [2.75, 3.05) is 13.7 Å². The topological polar surface area (TPSA) is 66.8 Å². The van der Waals surface area contributed by atoms with Gasteiger partial charge in [-0.25, -0.2) is 4.79 Å². The first-order valence-corrected chi connectivity index (χ1v) is 4.37. The van der Waals surface area contributed by atoms with E-state index in [1.54, 1.807) is 12.1 Å². The zero-order valence-electron chi connectivity index (χ0n) is 8.30. The second-order valence-corrected chi connectivity index (χ2v) is 2.85. The Balaban J connectivity index is 3.05. The molecule has 0 aromatic heterocycles. The van der Waals surface area contributed by atoms with Crippen LogP contribution < -0.4 is 0 Å². The van der Waals surface area contributed by atoms with E-state index in [1.165, 1.54) is 25.3 Å². The zero-order chi connectivity index (χ0) is 11.3. The molecule has 4 nitrogen and oxygen atoms in total. The number of methoxy groups -OCH3 is 1. The molecule has 1 aromatic carbocycles. The average molecular weight is 208 g/mol. The molecule has 0 heterocycles. The van der Waals surface area contributed by atoms with Crippen molar-refractivity contribution in [2.24, 2.45) is 0 Å². The SMILES string of the molecule is COC(=O)c1cc(C=CCO)ccc1O. The molecule has 0 amide bonds. The van der Waals surface area contributed by atoms with Crippen LogP contribution in [0.5, 0.6) is 5.75 Å². The molecule has 0 spiro atoms. The normalized spacial score (nSPS) is 10.5. The van der Waals surface area contributed by atoms with Crippen LogP contribution in [0, 0.1) is 0 Å². The summed E-state index contributed by atoms with van der Waals surface area (Å²) in [6.45, 7) is -0.0750. The summed E-state index contributed by atoms with van der Waals surface area (Å²) in [5.41, 5.74) is 0.819. The molecule has 0 atom stereocenters. The molecule has 0 radical (unpaired) electrons. The number of phenolic OH excluding ortho intramolecular Hbond substituents is 1. The van der Waals surface area contributed by atoms with Gasteiger partial charge in [-0.05, 0) is 17.7 Å². The third kappa shape index (κ3) is 2.82.